The molecule has 1 N–H and O–H groups in total. The lowest BCUT2D eigenvalue weighted by Gasteiger charge is -2.59. The van der Waals surface area contributed by atoms with E-state index in [2.05, 4.69) is 19.9 Å². The number of aliphatic hydroxyl groups is 1. The third-order valence-electron chi connectivity index (χ3n) is 9.96. The highest BCUT2D eigenvalue weighted by Gasteiger charge is 2.60. The van der Waals surface area contributed by atoms with Gasteiger partial charge in [0.05, 0.1) is 5.60 Å². The third kappa shape index (κ3) is 3.47. The first-order chi connectivity index (χ1) is 13.8. The van der Waals surface area contributed by atoms with E-state index in [1.165, 1.54) is 5.57 Å². The van der Waals surface area contributed by atoms with Gasteiger partial charge in [-0.2, -0.15) is 13.2 Å². The van der Waals surface area contributed by atoms with E-state index < -0.39 is 17.6 Å². The van der Waals surface area contributed by atoms with Crippen LogP contribution in [0.3, 0.4) is 0 Å². The monoisotopic (exact) mass is 426 g/mol. The maximum absolute atomic E-state index is 12.8. The number of allylic oxidation sites excluding steroid dienone is 1. The molecule has 0 bridgehead atoms. The van der Waals surface area contributed by atoms with E-state index >= 15 is 0 Å². The minimum atomic E-state index is -4.72. The second-order valence-corrected chi connectivity index (χ2v) is 11.8. The highest BCUT2D eigenvalue weighted by Crippen LogP contribution is 2.67. The summed E-state index contributed by atoms with van der Waals surface area (Å²) in [5.41, 5.74) is 1.03. The highest BCUT2D eigenvalue weighted by molar-refractivity contribution is 5.84. The molecule has 0 saturated heterocycles. The van der Waals surface area contributed by atoms with Crippen molar-refractivity contribution in [2.45, 2.75) is 97.3 Å². The van der Waals surface area contributed by atoms with Crippen LogP contribution in [0.15, 0.2) is 11.6 Å². The number of fused-ring (bicyclic) bond motifs is 5. The van der Waals surface area contributed by atoms with Gasteiger partial charge in [-0.15, -0.1) is 0 Å². The summed E-state index contributed by atoms with van der Waals surface area (Å²) in [4.78, 5) is 11.6. The molecule has 2 nitrogen and oxygen atoms in total. The van der Waals surface area contributed by atoms with Gasteiger partial charge in [0.1, 0.15) is 0 Å². The Morgan fingerprint density at radius 1 is 1.13 bits per heavy atom. The number of hydrogen-bond donors (Lipinski definition) is 1. The van der Waals surface area contributed by atoms with E-state index in [9.17, 15) is 23.1 Å². The van der Waals surface area contributed by atoms with Crippen LogP contribution in [0.4, 0.5) is 13.2 Å². The van der Waals surface area contributed by atoms with Crippen molar-refractivity contribution in [3.05, 3.63) is 11.6 Å². The van der Waals surface area contributed by atoms with Crippen molar-refractivity contribution in [1.82, 2.24) is 0 Å². The lowest BCUT2D eigenvalue weighted by Crippen LogP contribution is -2.52. The van der Waals surface area contributed by atoms with Crippen LogP contribution in [-0.2, 0) is 4.79 Å². The molecule has 4 aliphatic carbocycles. The Morgan fingerprint density at radius 3 is 2.50 bits per heavy atom. The summed E-state index contributed by atoms with van der Waals surface area (Å²) >= 11 is 0. The molecule has 0 aromatic carbocycles. The molecule has 0 aromatic rings. The highest BCUT2D eigenvalue weighted by atomic mass is 19.4. The van der Waals surface area contributed by atoms with Crippen LogP contribution in [0.1, 0.15) is 85.5 Å². The van der Waals surface area contributed by atoms with Crippen LogP contribution < -0.4 is 0 Å². The first-order valence-electron chi connectivity index (χ1n) is 11.8. The second-order valence-electron chi connectivity index (χ2n) is 11.8. The van der Waals surface area contributed by atoms with Crippen molar-refractivity contribution >= 4 is 5.78 Å². The molecule has 0 aliphatic heterocycles. The first kappa shape index (κ1) is 22.4. The van der Waals surface area contributed by atoms with Crippen LogP contribution >= 0.6 is 0 Å². The molecule has 3 saturated carbocycles. The Balaban J connectivity index is 1.54. The van der Waals surface area contributed by atoms with Gasteiger partial charge in [-0.3, -0.25) is 4.79 Å². The van der Waals surface area contributed by atoms with E-state index in [0.717, 1.165) is 51.4 Å². The zero-order valence-electron chi connectivity index (χ0n) is 18.8. The third-order valence-corrected chi connectivity index (χ3v) is 9.96. The van der Waals surface area contributed by atoms with Gasteiger partial charge in [-0.1, -0.05) is 32.4 Å². The molecule has 0 amide bonds. The molecule has 8 atom stereocenters. The molecule has 4 unspecified atom stereocenters. The smallest absolute Gasteiger partial charge is 0.390 e. The zero-order valence-corrected chi connectivity index (χ0v) is 18.8. The molecule has 4 rings (SSSR count). The van der Waals surface area contributed by atoms with Gasteiger partial charge in [0.2, 0.25) is 5.78 Å². The largest absolute Gasteiger partial charge is 0.449 e. The van der Waals surface area contributed by atoms with Gasteiger partial charge >= 0.3 is 6.18 Å². The summed E-state index contributed by atoms with van der Waals surface area (Å²) in [6, 6.07) is 0. The number of carbonyl (C=O) groups excluding carboxylic acids is 1. The van der Waals surface area contributed by atoms with Crippen LogP contribution in [0, 0.1) is 40.4 Å². The summed E-state index contributed by atoms with van der Waals surface area (Å²) in [5, 5.41) is 10.6. The summed E-state index contributed by atoms with van der Waals surface area (Å²) < 4.78 is 38.5. The van der Waals surface area contributed by atoms with Crippen LogP contribution in [0.2, 0.25) is 0 Å². The number of rotatable bonds is 3. The van der Waals surface area contributed by atoms with Crippen molar-refractivity contribution < 1.29 is 23.1 Å². The van der Waals surface area contributed by atoms with Crippen LogP contribution in [-0.4, -0.2) is 22.7 Å². The lowest BCUT2D eigenvalue weighted by molar-refractivity contribution is -0.172. The van der Waals surface area contributed by atoms with Crippen molar-refractivity contribution in [3.8, 4) is 0 Å². The average Bonchev–Trinajstić information content (AvgIpc) is 2.98. The van der Waals surface area contributed by atoms with Crippen molar-refractivity contribution in [2.75, 3.05) is 0 Å². The number of alkyl halides is 3. The number of Topliss-reactive ketones (excluding diaryl/α,β-unsaturated/α-hetero) is 1. The van der Waals surface area contributed by atoms with Gasteiger partial charge in [0.15, 0.2) is 0 Å². The minimum absolute atomic E-state index is 0.0360. The SMILES string of the molecule is C[C@H](CC(=O)C(F)(F)F)[C@H]1CCC2C3CC=C4C[C@@](C)(O)CC[C@]4(C)C3CCC21C. The molecule has 0 spiro atoms. The van der Waals surface area contributed by atoms with Crippen LogP contribution in [0.25, 0.3) is 0 Å². The molecule has 170 valence electrons. The lowest BCUT2D eigenvalue weighted by atomic mass is 9.46. The second kappa shape index (κ2) is 7.08. The zero-order chi connectivity index (χ0) is 22.1. The Labute approximate surface area is 178 Å². The van der Waals surface area contributed by atoms with Gasteiger partial charge < -0.3 is 5.11 Å². The fourth-order valence-corrected chi connectivity index (χ4v) is 8.33. The van der Waals surface area contributed by atoms with E-state index in [1.807, 2.05) is 13.8 Å². The summed E-state index contributed by atoms with van der Waals surface area (Å²) in [7, 11) is 0. The molecule has 5 heteroatoms. The predicted molar refractivity (Wildman–Crippen MR) is 111 cm³/mol. The molecule has 0 heterocycles. The Hall–Kier alpha value is -0.840. The number of carbonyl (C=O) groups is 1. The Morgan fingerprint density at radius 2 is 1.83 bits per heavy atom. The number of hydrogen-bond acceptors (Lipinski definition) is 2. The molecule has 0 radical (unpaired) electrons. The van der Waals surface area contributed by atoms with Gasteiger partial charge in [0, 0.05) is 6.42 Å². The average molecular weight is 427 g/mol. The summed E-state index contributed by atoms with van der Waals surface area (Å²) in [6.07, 6.45) is 5.15. The van der Waals surface area contributed by atoms with E-state index in [0.29, 0.717) is 17.8 Å². The van der Waals surface area contributed by atoms with E-state index in [-0.39, 0.29) is 29.1 Å². The van der Waals surface area contributed by atoms with Gasteiger partial charge in [-0.05, 0) is 98.7 Å². The quantitative estimate of drug-likeness (QED) is 0.525. The van der Waals surface area contributed by atoms with Crippen molar-refractivity contribution in [1.29, 1.82) is 0 Å². The molecular weight excluding hydrogens is 389 g/mol. The fourth-order valence-electron chi connectivity index (χ4n) is 8.33. The maximum atomic E-state index is 12.8. The van der Waals surface area contributed by atoms with Gasteiger partial charge in [0.25, 0.3) is 0 Å². The standard InChI is InChI=1S/C25H37F3O2/c1-15(13-21(29)25(26,27)28)18-7-8-19-17-6-5-16-14-22(2,30)11-12-23(16,3)20(17)9-10-24(18,19)4/h5,15,17-20,30H,6-14H2,1-4H3/t15-,17?,18-,19?,20?,22+,23+,24?/m1/s1. The topological polar surface area (TPSA) is 37.3 Å². The van der Waals surface area contributed by atoms with E-state index in [1.54, 1.807) is 0 Å². The molecule has 3 fully saturated rings. The summed E-state index contributed by atoms with van der Waals surface area (Å²) in [5.74, 6) is 0.124. The normalized spacial score (nSPS) is 47.0. The van der Waals surface area contributed by atoms with E-state index in [4.69, 9.17) is 0 Å². The Bertz CT molecular complexity index is 739. The molecular formula is C25H37F3O2. The number of ketones is 1. The van der Waals surface area contributed by atoms with Crippen LogP contribution in [0.5, 0.6) is 0 Å². The molecule has 4 aliphatic rings. The van der Waals surface area contributed by atoms with Crippen molar-refractivity contribution in [3.63, 3.8) is 0 Å². The maximum Gasteiger partial charge on any atom is 0.449 e. The molecule has 30 heavy (non-hydrogen) atoms. The van der Waals surface area contributed by atoms with Crippen molar-refractivity contribution in [2.24, 2.45) is 40.4 Å². The fraction of sp³-hybridized carbons (Fsp3) is 0.880. The molecule has 0 aromatic heterocycles. The Kier molecular flexibility index (Phi) is 5.28. The predicted octanol–water partition coefficient (Wildman–Crippen LogP) is 6.47. The number of halogens is 3. The summed E-state index contributed by atoms with van der Waals surface area (Å²) in [6.45, 7) is 8.50. The van der Waals surface area contributed by atoms with Gasteiger partial charge in [-0.25, -0.2) is 0 Å². The first-order valence-corrected chi connectivity index (χ1v) is 11.8. The minimum Gasteiger partial charge on any atom is -0.390 e.